The molecule has 3 heteroatoms. The Hall–Kier alpha value is -0.120. The summed E-state index contributed by atoms with van der Waals surface area (Å²) in [4.78, 5) is 5.22. The van der Waals surface area contributed by atoms with Gasteiger partial charge >= 0.3 is 0 Å². The van der Waals surface area contributed by atoms with Gasteiger partial charge in [-0.2, -0.15) is 0 Å². The quantitative estimate of drug-likeness (QED) is 0.783. The van der Waals surface area contributed by atoms with Crippen LogP contribution in [0.25, 0.3) is 0 Å². The fraction of sp³-hybridized carbons (Fsp3) is 1.00. The molecule has 3 nitrogen and oxygen atoms in total. The SMILES string of the molecule is CCCN1CCN(CCC(NC)C(C)(C)C)CC1. The lowest BCUT2D eigenvalue weighted by atomic mass is 9.85. The van der Waals surface area contributed by atoms with Crippen LogP contribution in [0.3, 0.4) is 0 Å². The maximum atomic E-state index is 3.47. The minimum Gasteiger partial charge on any atom is -0.316 e. The molecule has 1 fully saturated rings. The summed E-state index contributed by atoms with van der Waals surface area (Å²) < 4.78 is 0. The molecule has 1 heterocycles. The lowest BCUT2D eigenvalue weighted by molar-refractivity contribution is 0.121. The summed E-state index contributed by atoms with van der Waals surface area (Å²) in [6, 6.07) is 0.617. The molecule has 1 N–H and O–H groups in total. The third kappa shape index (κ3) is 5.25. The maximum absolute atomic E-state index is 3.47. The van der Waals surface area contributed by atoms with Gasteiger partial charge < -0.3 is 15.1 Å². The normalized spacial score (nSPS) is 21.2. The van der Waals surface area contributed by atoms with Gasteiger partial charge in [-0.3, -0.25) is 0 Å². The van der Waals surface area contributed by atoms with E-state index in [4.69, 9.17) is 0 Å². The second-order valence-electron chi connectivity index (χ2n) is 6.68. The van der Waals surface area contributed by atoms with Crippen LogP contribution in [0.15, 0.2) is 0 Å². The molecule has 18 heavy (non-hydrogen) atoms. The van der Waals surface area contributed by atoms with Crippen molar-refractivity contribution in [3.63, 3.8) is 0 Å². The summed E-state index contributed by atoms with van der Waals surface area (Å²) in [6.45, 7) is 16.8. The number of rotatable bonds is 6. The smallest absolute Gasteiger partial charge is 0.0125 e. The first-order valence-electron chi connectivity index (χ1n) is 7.59. The van der Waals surface area contributed by atoms with Gasteiger partial charge in [0.1, 0.15) is 0 Å². The minimum absolute atomic E-state index is 0.360. The van der Waals surface area contributed by atoms with Crippen LogP contribution in [-0.2, 0) is 0 Å². The summed E-state index contributed by atoms with van der Waals surface area (Å²) in [5.74, 6) is 0. The topological polar surface area (TPSA) is 18.5 Å². The highest BCUT2D eigenvalue weighted by atomic mass is 15.3. The summed E-state index contributed by atoms with van der Waals surface area (Å²) in [5.41, 5.74) is 0.360. The van der Waals surface area contributed by atoms with Crippen molar-refractivity contribution < 1.29 is 0 Å². The van der Waals surface area contributed by atoms with Crippen LogP contribution < -0.4 is 5.32 Å². The van der Waals surface area contributed by atoms with E-state index in [9.17, 15) is 0 Å². The molecular weight excluding hydrogens is 222 g/mol. The van der Waals surface area contributed by atoms with Gasteiger partial charge in [0, 0.05) is 32.2 Å². The summed E-state index contributed by atoms with van der Waals surface area (Å²) in [7, 11) is 2.09. The fourth-order valence-electron chi connectivity index (χ4n) is 2.87. The van der Waals surface area contributed by atoms with Gasteiger partial charge in [0.05, 0.1) is 0 Å². The number of nitrogens with one attached hydrogen (secondary N) is 1. The molecule has 1 aliphatic rings. The standard InChI is InChI=1S/C15H33N3/c1-6-8-17-10-12-18(13-11-17)9-7-14(16-5)15(2,3)4/h14,16H,6-13H2,1-5H3. The minimum atomic E-state index is 0.360. The highest BCUT2D eigenvalue weighted by molar-refractivity contribution is 4.81. The molecule has 1 aliphatic heterocycles. The molecule has 0 aromatic carbocycles. The number of hydrogen-bond acceptors (Lipinski definition) is 3. The first-order chi connectivity index (χ1) is 8.47. The molecular formula is C15H33N3. The third-order valence-electron chi connectivity index (χ3n) is 4.13. The highest BCUT2D eigenvalue weighted by Gasteiger charge is 2.24. The number of hydrogen-bond donors (Lipinski definition) is 1. The van der Waals surface area contributed by atoms with E-state index in [1.165, 1.54) is 52.1 Å². The van der Waals surface area contributed by atoms with Crippen molar-refractivity contribution >= 4 is 0 Å². The van der Waals surface area contributed by atoms with E-state index in [2.05, 4.69) is 49.9 Å². The van der Waals surface area contributed by atoms with Gasteiger partial charge in [0.15, 0.2) is 0 Å². The van der Waals surface area contributed by atoms with E-state index < -0.39 is 0 Å². The molecule has 1 unspecified atom stereocenters. The first-order valence-corrected chi connectivity index (χ1v) is 7.59. The van der Waals surface area contributed by atoms with Crippen LogP contribution in [-0.4, -0.2) is 62.2 Å². The molecule has 1 saturated heterocycles. The van der Waals surface area contributed by atoms with Crippen LogP contribution in [0.5, 0.6) is 0 Å². The molecule has 0 radical (unpaired) electrons. The molecule has 0 aromatic rings. The van der Waals surface area contributed by atoms with Crippen LogP contribution in [0.2, 0.25) is 0 Å². The predicted molar refractivity (Wildman–Crippen MR) is 80.1 cm³/mol. The lowest BCUT2D eigenvalue weighted by Gasteiger charge is -2.37. The van der Waals surface area contributed by atoms with Crippen LogP contribution in [0.4, 0.5) is 0 Å². The summed E-state index contributed by atoms with van der Waals surface area (Å²) in [6.07, 6.45) is 2.54. The van der Waals surface area contributed by atoms with Crippen molar-refractivity contribution in [3.8, 4) is 0 Å². The third-order valence-corrected chi connectivity index (χ3v) is 4.13. The van der Waals surface area contributed by atoms with Crippen molar-refractivity contribution in [2.45, 2.75) is 46.6 Å². The van der Waals surface area contributed by atoms with Gasteiger partial charge in [-0.25, -0.2) is 0 Å². The molecule has 1 atom stereocenters. The van der Waals surface area contributed by atoms with Crippen LogP contribution >= 0.6 is 0 Å². The van der Waals surface area contributed by atoms with Gasteiger partial charge in [-0.15, -0.1) is 0 Å². The molecule has 0 aromatic heterocycles. The lowest BCUT2D eigenvalue weighted by Crippen LogP contribution is -2.48. The van der Waals surface area contributed by atoms with Crippen LogP contribution in [0, 0.1) is 5.41 Å². The van der Waals surface area contributed by atoms with E-state index >= 15 is 0 Å². The zero-order chi connectivity index (χ0) is 13.6. The van der Waals surface area contributed by atoms with Gasteiger partial charge in [0.25, 0.3) is 0 Å². The van der Waals surface area contributed by atoms with E-state index in [0.717, 1.165) is 0 Å². The van der Waals surface area contributed by atoms with Crippen molar-refractivity contribution in [1.82, 2.24) is 15.1 Å². The van der Waals surface area contributed by atoms with Crippen molar-refractivity contribution in [1.29, 1.82) is 0 Å². The average Bonchev–Trinajstić information content (AvgIpc) is 2.30. The van der Waals surface area contributed by atoms with Crippen molar-refractivity contribution in [2.24, 2.45) is 5.41 Å². The maximum Gasteiger partial charge on any atom is 0.0125 e. The van der Waals surface area contributed by atoms with Crippen LogP contribution in [0.1, 0.15) is 40.5 Å². The Kier molecular flexibility index (Phi) is 6.61. The predicted octanol–water partition coefficient (Wildman–Crippen LogP) is 2.04. The molecule has 0 aliphatic carbocycles. The molecule has 0 saturated carbocycles. The van der Waals surface area contributed by atoms with E-state index in [1.807, 2.05) is 0 Å². The Morgan fingerprint density at radius 1 is 1.00 bits per heavy atom. The van der Waals surface area contributed by atoms with E-state index in [-0.39, 0.29) is 0 Å². The Morgan fingerprint density at radius 2 is 1.50 bits per heavy atom. The largest absolute Gasteiger partial charge is 0.316 e. The van der Waals surface area contributed by atoms with Crippen molar-refractivity contribution in [2.75, 3.05) is 46.3 Å². The Balaban J connectivity index is 2.25. The number of nitrogens with zero attached hydrogens (tertiary/aromatic N) is 2. The summed E-state index contributed by atoms with van der Waals surface area (Å²) in [5, 5.41) is 3.47. The fourth-order valence-corrected chi connectivity index (χ4v) is 2.87. The Bertz CT molecular complexity index is 214. The highest BCUT2D eigenvalue weighted by Crippen LogP contribution is 2.21. The van der Waals surface area contributed by atoms with E-state index in [1.54, 1.807) is 0 Å². The number of piperazine rings is 1. The molecule has 108 valence electrons. The molecule has 1 rings (SSSR count). The molecule has 0 bridgehead atoms. The zero-order valence-electron chi connectivity index (χ0n) is 13.1. The van der Waals surface area contributed by atoms with Gasteiger partial charge in [0.2, 0.25) is 0 Å². The average molecular weight is 255 g/mol. The van der Waals surface area contributed by atoms with Crippen molar-refractivity contribution in [3.05, 3.63) is 0 Å². The zero-order valence-corrected chi connectivity index (χ0v) is 13.1. The second kappa shape index (κ2) is 7.46. The Morgan fingerprint density at radius 3 is 1.89 bits per heavy atom. The first kappa shape index (κ1) is 15.9. The van der Waals surface area contributed by atoms with Gasteiger partial charge in [-0.05, 0) is 38.4 Å². The second-order valence-corrected chi connectivity index (χ2v) is 6.68. The molecule has 0 spiro atoms. The summed E-state index contributed by atoms with van der Waals surface area (Å²) >= 11 is 0. The van der Waals surface area contributed by atoms with E-state index in [0.29, 0.717) is 11.5 Å². The van der Waals surface area contributed by atoms with Gasteiger partial charge in [-0.1, -0.05) is 27.7 Å². The monoisotopic (exact) mass is 255 g/mol. The Labute approximate surface area is 114 Å². The molecule has 0 amide bonds.